The largest absolute Gasteiger partial charge is 0.465 e. The second-order valence-electron chi connectivity index (χ2n) is 4.17. The maximum atomic E-state index is 10.2. The fraction of sp³-hybridized carbons (Fsp3) is 0.875. The Morgan fingerprint density at radius 3 is 2.08 bits per heavy atom. The van der Waals surface area contributed by atoms with Gasteiger partial charge in [-0.3, -0.25) is 0 Å². The number of nitrogens with one attached hydrogen (secondary N) is 1. The van der Waals surface area contributed by atoms with E-state index in [-0.39, 0.29) is 0 Å². The molecule has 0 saturated carbocycles. The monoisotopic (exact) mass is 219 g/mol. The summed E-state index contributed by atoms with van der Waals surface area (Å²) in [4.78, 5) is 10.2. The van der Waals surface area contributed by atoms with Crippen LogP contribution in [-0.2, 0) is 0 Å². The van der Waals surface area contributed by atoms with E-state index in [1.807, 2.05) is 0 Å². The van der Waals surface area contributed by atoms with Crippen LogP contribution in [0.2, 0.25) is 31.4 Å². The molecule has 1 amide bonds. The molecule has 0 aliphatic rings. The van der Waals surface area contributed by atoms with Crippen molar-refractivity contribution >= 4 is 23.7 Å². The summed E-state index contributed by atoms with van der Waals surface area (Å²) in [5.41, 5.74) is 0. The Labute approximate surface area is 83.8 Å². The zero-order valence-electron chi connectivity index (χ0n) is 9.00. The van der Waals surface area contributed by atoms with E-state index in [4.69, 9.17) is 5.11 Å². The van der Waals surface area contributed by atoms with E-state index in [1.54, 1.807) is 0 Å². The van der Waals surface area contributed by atoms with Crippen LogP contribution in [0.15, 0.2) is 0 Å². The molecule has 13 heavy (non-hydrogen) atoms. The summed E-state index contributed by atoms with van der Waals surface area (Å²) in [5.74, 6) is 0. The van der Waals surface area contributed by atoms with Gasteiger partial charge in [0.15, 0.2) is 0 Å². The van der Waals surface area contributed by atoms with E-state index in [2.05, 4.69) is 31.5 Å². The molecule has 5 heteroatoms. The molecule has 0 spiro atoms. The smallest absolute Gasteiger partial charge is 0.404 e. The molecule has 0 unspecified atom stereocenters. The van der Waals surface area contributed by atoms with Crippen molar-refractivity contribution in [3.05, 3.63) is 0 Å². The minimum absolute atomic E-state index is 0.578. The second kappa shape index (κ2) is 6.20. The predicted molar refractivity (Wildman–Crippen MR) is 62.1 cm³/mol. The van der Waals surface area contributed by atoms with Gasteiger partial charge in [0.2, 0.25) is 0 Å². The van der Waals surface area contributed by atoms with Gasteiger partial charge in [0.05, 0.1) is 0 Å². The average Bonchev–Trinajstić information content (AvgIpc) is 1.95. The van der Waals surface area contributed by atoms with E-state index >= 15 is 0 Å². The van der Waals surface area contributed by atoms with Crippen LogP contribution >= 0.6 is 0 Å². The standard InChI is InChI=1S/C8H21NO2Si2/c1-12(2)7(13(3)4)5-6-9-8(10)11/h7,9,12-13H,5-6H2,1-4H3,(H,10,11). The van der Waals surface area contributed by atoms with Crippen LogP contribution in [-0.4, -0.2) is 35.3 Å². The summed E-state index contributed by atoms with van der Waals surface area (Å²) in [7, 11) is -1.16. The van der Waals surface area contributed by atoms with Crippen LogP contribution in [0.1, 0.15) is 6.42 Å². The molecule has 0 radical (unpaired) electrons. The molecular weight excluding hydrogens is 198 g/mol. The highest BCUT2D eigenvalue weighted by Crippen LogP contribution is 2.18. The SMILES string of the molecule is C[SiH](C)C(CCNC(=O)O)[SiH](C)C. The van der Waals surface area contributed by atoms with Crippen molar-refractivity contribution in [1.82, 2.24) is 5.32 Å². The fourth-order valence-corrected chi connectivity index (χ4v) is 9.61. The van der Waals surface area contributed by atoms with Gasteiger partial charge in [0.25, 0.3) is 0 Å². The molecule has 0 bridgehead atoms. The number of carbonyl (C=O) groups is 1. The van der Waals surface area contributed by atoms with Crippen LogP contribution in [0, 0.1) is 0 Å². The lowest BCUT2D eigenvalue weighted by Gasteiger charge is -2.22. The fourth-order valence-electron chi connectivity index (χ4n) is 1.78. The number of hydrogen-bond acceptors (Lipinski definition) is 1. The highest BCUT2D eigenvalue weighted by Gasteiger charge is 2.18. The molecule has 78 valence electrons. The summed E-state index contributed by atoms with van der Waals surface area (Å²) >= 11 is 0. The van der Waals surface area contributed by atoms with Gasteiger partial charge in [-0.25, -0.2) is 4.79 Å². The minimum atomic E-state index is -0.894. The van der Waals surface area contributed by atoms with Gasteiger partial charge in [-0.05, 0) is 6.42 Å². The van der Waals surface area contributed by atoms with Gasteiger partial charge in [0.1, 0.15) is 0 Å². The van der Waals surface area contributed by atoms with Gasteiger partial charge in [0, 0.05) is 24.1 Å². The molecule has 0 aromatic heterocycles. The van der Waals surface area contributed by atoms with Crippen molar-refractivity contribution in [2.45, 2.75) is 37.8 Å². The first-order valence-corrected chi connectivity index (χ1v) is 10.9. The Hall–Kier alpha value is -0.296. The first kappa shape index (κ1) is 12.7. The highest BCUT2D eigenvalue weighted by molar-refractivity contribution is 6.77. The number of hydrogen-bond donors (Lipinski definition) is 2. The zero-order valence-corrected chi connectivity index (χ0v) is 11.3. The molecule has 0 rings (SSSR count). The van der Waals surface area contributed by atoms with Crippen molar-refractivity contribution in [1.29, 1.82) is 0 Å². The van der Waals surface area contributed by atoms with Crippen LogP contribution < -0.4 is 5.32 Å². The quantitative estimate of drug-likeness (QED) is 0.689. The normalized spacial score (nSPS) is 11.3. The first-order chi connectivity index (χ1) is 5.95. The first-order valence-electron chi connectivity index (χ1n) is 4.92. The van der Waals surface area contributed by atoms with Crippen molar-refractivity contribution in [2.75, 3.05) is 6.54 Å². The summed E-state index contributed by atoms with van der Waals surface area (Å²) in [6.07, 6.45) is 0.162. The Kier molecular flexibility index (Phi) is 6.06. The number of carboxylic acid groups (broad SMARTS) is 1. The summed E-state index contributed by atoms with van der Waals surface area (Å²) in [6, 6.07) is 0. The average molecular weight is 219 g/mol. The van der Waals surface area contributed by atoms with Gasteiger partial charge >= 0.3 is 6.09 Å². The maximum Gasteiger partial charge on any atom is 0.404 e. The van der Waals surface area contributed by atoms with Gasteiger partial charge in [-0.2, -0.15) is 0 Å². The van der Waals surface area contributed by atoms with Crippen molar-refractivity contribution in [3.63, 3.8) is 0 Å². The Bertz CT molecular complexity index is 154. The molecule has 0 saturated heterocycles. The number of amides is 1. The number of rotatable bonds is 5. The summed E-state index contributed by atoms with van der Waals surface area (Å²) in [5, 5.41) is 11.7. The van der Waals surface area contributed by atoms with Crippen molar-refractivity contribution in [2.24, 2.45) is 0 Å². The molecule has 0 aromatic carbocycles. The molecule has 2 N–H and O–H groups in total. The Morgan fingerprint density at radius 1 is 1.31 bits per heavy atom. The van der Waals surface area contributed by atoms with E-state index in [0.717, 1.165) is 11.6 Å². The Morgan fingerprint density at radius 2 is 1.77 bits per heavy atom. The molecule has 0 aromatic rings. The van der Waals surface area contributed by atoms with Crippen LogP contribution in [0.25, 0.3) is 0 Å². The third-order valence-electron chi connectivity index (χ3n) is 2.47. The molecular formula is C8H21NO2Si2. The molecule has 0 atom stereocenters. The van der Waals surface area contributed by atoms with Crippen molar-refractivity contribution in [3.8, 4) is 0 Å². The lowest BCUT2D eigenvalue weighted by atomic mass is 10.5. The molecule has 0 heterocycles. The van der Waals surface area contributed by atoms with Crippen LogP contribution in [0.5, 0.6) is 0 Å². The third kappa shape index (κ3) is 5.87. The zero-order chi connectivity index (χ0) is 10.4. The maximum absolute atomic E-state index is 10.2. The van der Waals surface area contributed by atoms with E-state index < -0.39 is 23.7 Å². The van der Waals surface area contributed by atoms with Gasteiger partial charge in [-0.1, -0.05) is 31.4 Å². The lowest BCUT2D eigenvalue weighted by molar-refractivity contribution is 0.194. The lowest BCUT2D eigenvalue weighted by Crippen LogP contribution is -2.30. The minimum Gasteiger partial charge on any atom is -0.465 e. The molecule has 3 nitrogen and oxygen atoms in total. The van der Waals surface area contributed by atoms with Crippen LogP contribution in [0.3, 0.4) is 0 Å². The second-order valence-corrected chi connectivity index (χ2v) is 11.6. The van der Waals surface area contributed by atoms with E-state index in [0.29, 0.717) is 6.54 Å². The van der Waals surface area contributed by atoms with Crippen molar-refractivity contribution < 1.29 is 9.90 Å². The summed E-state index contributed by atoms with van der Waals surface area (Å²) in [6.45, 7) is 10.1. The molecule has 0 aliphatic heterocycles. The summed E-state index contributed by atoms with van der Waals surface area (Å²) < 4.78 is 0. The highest BCUT2D eigenvalue weighted by atomic mass is 28.3. The predicted octanol–water partition coefficient (Wildman–Crippen LogP) is 1.53. The van der Waals surface area contributed by atoms with E-state index in [1.165, 1.54) is 0 Å². The third-order valence-corrected chi connectivity index (χ3v) is 11.2. The van der Waals surface area contributed by atoms with Crippen LogP contribution in [0.4, 0.5) is 4.79 Å². The molecule has 0 aliphatic carbocycles. The Balaban J connectivity index is 3.77. The van der Waals surface area contributed by atoms with E-state index in [9.17, 15) is 4.79 Å². The van der Waals surface area contributed by atoms with Gasteiger partial charge < -0.3 is 10.4 Å². The topological polar surface area (TPSA) is 49.3 Å². The molecule has 0 fully saturated rings. The van der Waals surface area contributed by atoms with Gasteiger partial charge in [-0.15, -0.1) is 0 Å².